The molecule has 0 radical (unpaired) electrons. The third kappa shape index (κ3) is 5.97. The maximum Gasteiger partial charge on any atom is 0.323 e. The summed E-state index contributed by atoms with van der Waals surface area (Å²) in [5, 5.41) is 6.25. The first-order valence-electron chi connectivity index (χ1n) is 8.21. The zero-order valence-electron chi connectivity index (χ0n) is 14.8. The van der Waals surface area contributed by atoms with E-state index in [9.17, 15) is 9.59 Å². The van der Waals surface area contributed by atoms with Gasteiger partial charge in [-0.3, -0.25) is 9.59 Å². The second-order valence-corrected chi connectivity index (χ2v) is 5.62. The number of aromatic nitrogens is 4. The van der Waals surface area contributed by atoms with Crippen molar-refractivity contribution in [3.05, 3.63) is 36.4 Å². The summed E-state index contributed by atoms with van der Waals surface area (Å²) in [5.74, 6) is -0.719. The van der Waals surface area contributed by atoms with E-state index in [1.165, 1.54) is 14.2 Å². The van der Waals surface area contributed by atoms with E-state index in [-0.39, 0.29) is 11.9 Å². The summed E-state index contributed by atoms with van der Waals surface area (Å²) in [6, 6.07) is -1.02. The van der Waals surface area contributed by atoms with E-state index in [0.29, 0.717) is 25.9 Å². The number of H-pyrrole nitrogens is 2. The molecule has 2 atom stereocenters. The van der Waals surface area contributed by atoms with E-state index >= 15 is 0 Å². The van der Waals surface area contributed by atoms with Gasteiger partial charge in [-0.05, 0) is 0 Å². The van der Waals surface area contributed by atoms with Crippen LogP contribution in [0.15, 0.2) is 25.0 Å². The Morgan fingerprint density at radius 2 is 1.35 bits per heavy atom. The van der Waals surface area contributed by atoms with Crippen LogP contribution in [0.4, 0.5) is 0 Å². The maximum absolute atomic E-state index is 11.9. The van der Waals surface area contributed by atoms with Gasteiger partial charge in [0.05, 0.1) is 26.9 Å². The third-order valence-corrected chi connectivity index (χ3v) is 3.84. The van der Waals surface area contributed by atoms with Crippen molar-refractivity contribution in [2.24, 2.45) is 0 Å². The van der Waals surface area contributed by atoms with Crippen molar-refractivity contribution in [1.82, 2.24) is 30.6 Å². The quantitative estimate of drug-likeness (QED) is 0.300. The molecule has 0 aliphatic carbocycles. The van der Waals surface area contributed by atoms with Crippen molar-refractivity contribution >= 4 is 11.9 Å². The van der Waals surface area contributed by atoms with E-state index in [4.69, 9.17) is 9.47 Å². The molecule has 10 nitrogen and oxygen atoms in total. The Hall–Kier alpha value is -2.72. The summed E-state index contributed by atoms with van der Waals surface area (Å²) in [5.41, 5.74) is 1.65. The summed E-state index contributed by atoms with van der Waals surface area (Å²) >= 11 is 0. The molecule has 142 valence electrons. The predicted molar refractivity (Wildman–Crippen MR) is 92.2 cm³/mol. The Bertz CT molecular complexity index is 600. The van der Waals surface area contributed by atoms with Crippen molar-refractivity contribution in [3.8, 4) is 0 Å². The molecule has 0 aliphatic rings. The first kappa shape index (κ1) is 19.6. The highest BCUT2D eigenvalue weighted by atomic mass is 16.5. The maximum atomic E-state index is 11.9. The van der Waals surface area contributed by atoms with E-state index in [0.717, 1.165) is 11.4 Å². The van der Waals surface area contributed by atoms with Gasteiger partial charge in [0.15, 0.2) is 0 Å². The van der Waals surface area contributed by atoms with Crippen LogP contribution in [-0.2, 0) is 31.9 Å². The van der Waals surface area contributed by atoms with Crippen LogP contribution in [0.2, 0.25) is 0 Å². The minimum absolute atomic E-state index is 0.360. The highest BCUT2D eigenvalue weighted by molar-refractivity contribution is 5.76. The molecule has 2 heterocycles. The molecule has 0 unspecified atom stereocenters. The fourth-order valence-electron chi connectivity index (χ4n) is 2.49. The number of ether oxygens (including phenoxy) is 2. The first-order chi connectivity index (χ1) is 12.6. The highest BCUT2D eigenvalue weighted by Crippen LogP contribution is 2.02. The Kier molecular flexibility index (Phi) is 7.77. The van der Waals surface area contributed by atoms with Gasteiger partial charge in [0.25, 0.3) is 0 Å². The summed E-state index contributed by atoms with van der Waals surface area (Å²) in [6.45, 7) is 0.925. The molecule has 0 saturated heterocycles. The molecular formula is C16H24N6O4. The third-order valence-electron chi connectivity index (χ3n) is 3.84. The molecule has 0 saturated carbocycles. The van der Waals surface area contributed by atoms with Gasteiger partial charge in [0.2, 0.25) is 0 Å². The molecule has 0 spiro atoms. The molecule has 26 heavy (non-hydrogen) atoms. The number of rotatable bonds is 11. The molecule has 0 fully saturated rings. The number of nitrogens with one attached hydrogen (secondary N) is 4. The fraction of sp³-hybridized carbons (Fsp3) is 0.500. The van der Waals surface area contributed by atoms with E-state index < -0.39 is 12.1 Å². The van der Waals surface area contributed by atoms with Gasteiger partial charge in [-0.2, -0.15) is 0 Å². The number of esters is 2. The zero-order valence-corrected chi connectivity index (χ0v) is 14.8. The average Bonchev–Trinajstić information content (AvgIpc) is 3.35. The standard InChI is InChI=1S/C16H24N6O4/c1-25-15(23)13(5-11-7-17-9-21-11)19-3-4-20-14(16(24)26-2)6-12-8-18-10-22-12/h7-10,13-14,19-20H,3-6H2,1-2H3,(H,17,21)(H,18,22)/t13-,14-/m0/s1. The van der Waals surface area contributed by atoms with Crippen molar-refractivity contribution < 1.29 is 19.1 Å². The van der Waals surface area contributed by atoms with Gasteiger partial charge in [-0.25, -0.2) is 9.97 Å². The van der Waals surface area contributed by atoms with Crippen LogP contribution < -0.4 is 10.6 Å². The lowest BCUT2D eigenvalue weighted by Crippen LogP contribution is -2.46. The van der Waals surface area contributed by atoms with Crippen LogP contribution in [0.1, 0.15) is 11.4 Å². The van der Waals surface area contributed by atoms with E-state index in [1.54, 1.807) is 25.0 Å². The number of imidazole rings is 2. The van der Waals surface area contributed by atoms with Crippen LogP contribution in [0.3, 0.4) is 0 Å². The molecule has 4 N–H and O–H groups in total. The summed E-state index contributed by atoms with van der Waals surface area (Å²) in [6.07, 6.45) is 7.30. The van der Waals surface area contributed by atoms with Crippen molar-refractivity contribution in [3.63, 3.8) is 0 Å². The Labute approximate surface area is 151 Å². The van der Waals surface area contributed by atoms with E-state index in [1.807, 2.05) is 0 Å². The lowest BCUT2D eigenvalue weighted by molar-refractivity contribution is -0.144. The van der Waals surface area contributed by atoms with Crippen LogP contribution in [0.5, 0.6) is 0 Å². The van der Waals surface area contributed by atoms with Crippen LogP contribution in [-0.4, -0.2) is 71.3 Å². The number of aromatic amines is 2. The summed E-state index contributed by atoms with van der Waals surface area (Å²) in [7, 11) is 2.69. The SMILES string of the molecule is COC(=O)[C@H](Cc1cnc[nH]1)NCCN[C@@H](Cc1cnc[nH]1)C(=O)OC. The van der Waals surface area contributed by atoms with Crippen LogP contribution >= 0.6 is 0 Å². The minimum Gasteiger partial charge on any atom is -0.468 e. The largest absolute Gasteiger partial charge is 0.468 e. The first-order valence-corrected chi connectivity index (χ1v) is 8.21. The smallest absolute Gasteiger partial charge is 0.323 e. The van der Waals surface area contributed by atoms with Crippen molar-refractivity contribution in [1.29, 1.82) is 0 Å². The predicted octanol–water partition coefficient (Wildman–Crippen LogP) is -0.820. The lowest BCUT2D eigenvalue weighted by Gasteiger charge is -2.18. The van der Waals surface area contributed by atoms with E-state index in [2.05, 4.69) is 30.6 Å². The molecule has 0 amide bonds. The summed E-state index contributed by atoms with van der Waals surface area (Å²) in [4.78, 5) is 37.6. The second-order valence-electron chi connectivity index (χ2n) is 5.62. The highest BCUT2D eigenvalue weighted by Gasteiger charge is 2.22. The topological polar surface area (TPSA) is 134 Å². The van der Waals surface area contributed by atoms with Crippen molar-refractivity contribution in [2.45, 2.75) is 24.9 Å². The molecule has 10 heteroatoms. The Morgan fingerprint density at radius 3 is 1.65 bits per heavy atom. The molecule has 2 aromatic heterocycles. The Morgan fingerprint density at radius 1 is 0.923 bits per heavy atom. The zero-order chi connectivity index (χ0) is 18.8. The van der Waals surface area contributed by atoms with Gasteiger partial charge >= 0.3 is 11.9 Å². The summed E-state index contributed by atoms with van der Waals surface area (Å²) < 4.78 is 9.65. The monoisotopic (exact) mass is 364 g/mol. The fourth-order valence-corrected chi connectivity index (χ4v) is 2.49. The molecule has 2 aromatic rings. The molecule has 0 aromatic carbocycles. The number of nitrogens with zero attached hydrogens (tertiary/aromatic N) is 2. The number of carbonyl (C=O) groups excluding carboxylic acids is 2. The number of carbonyl (C=O) groups is 2. The van der Waals surface area contributed by atoms with Gasteiger partial charge < -0.3 is 30.1 Å². The normalized spacial score (nSPS) is 13.2. The van der Waals surface area contributed by atoms with Gasteiger partial charge in [-0.1, -0.05) is 0 Å². The Balaban J connectivity index is 1.82. The molecular weight excluding hydrogens is 340 g/mol. The average molecular weight is 364 g/mol. The van der Waals surface area contributed by atoms with Gasteiger partial charge in [0.1, 0.15) is 12.1 Å². The molecule has 2 rings (SSSR count). The van der Waals surface area contributed by atoms with Gasteiger partial charge in [-0.15, -0.1) is 0 Å². The molecule has 0 bridgehead atoms. The number of hydrogen-bond donors (Lipinski definition) is 4. The molecule has 0 aliphatic heterocycles. The van der Waals surface area contributed by atoms with Crippen LogP contribution in [0.25, 0.3) is 0 Å². The van der Waals surface area contributed by atoms with Gasteiger partial charge in [0, 0.05) is 49.7 Å². The second kappa shape index (κ2) is 10.3. The van der Waals surface area contributed by atoms with Crippen molar-refractivity contribution in [2.75, 3.05) is 27.3 Å². The number of methoxy groups -OCH3 is 2. The van der Waals surface area contributed by atoms with Crippen LogP contribution in [0, 0.1) is 0 Å². The minimum atomic E-state index is -0.508. The lowest BCUT2D eigenvalue weighted by atomic mass is 10.1. The number of hydrogen-bond acceptors (Lipinski definition) is 8.